The van der Waals surface area contributed by atoms with Gasteiger partial charge in [0.2, 0.25) is 0 Å². The molecule has 1 amide bonds. The molecule has 3 rings (SSSR count). The number of hydrogen-bond acceptors (Lipinski definition) is 3. The fourth-order valence-electron chi connectivity index (χ4n) is 2.78. The molecule has 5 nitrogen and oxygen atoms in total. The van der Waals surface area contributed by atoms with Crippen molar-refractivity contribution >= 4 is 50.5 Å². The fraction of sp³-hybridized carbons (Fsp3) is 0.0455. The van der Waals surface area contributed by atoms with Crippen molar-refractivity contribution < 1.29 is 13.2 Å². The largest absolute Gasteiger partial charge is 0.322 e. The minimum atomic E-state index is -4.13. The van der Waals surface area contributed by atoms with Gasteiger partial charge in [-0.25, -0.2) is 8.42 Å². The number of carbonyl (C=O) groups excluding carboxylic acids is 1. The summed E-state index contributed by atoms with van der Waals surface area (Å²) in [5.41, 5.74) is 1.03. The highest BCUT2D eigenvalue weighted by molar-refractivity contribution is 7.93. The van der Waals surface area contributed by atoms with Crippen LogP contribution < -0.4 is 9.62 Å². The number of amides is 1. The third-order valence-corrected chi connectivity index (χ3v) is 6.79. The molecule has 0 aliphatic heterocycles. The number of nitrogens with zero attached hydrogens (tertiary/aromatic N) is 1. The van der Waals surface area contributed by atoms with Crippen LogP contribution in [0.3, 0.4) is 0 Å². The molecule has 0 atom stereocenters. The van der Waals surface area contributed by atoms with E-state index in [0.29, 0.717) is 5.69 Å². The third kappa shape index (κ3) is 4.67. The summed E-state index contributed by atoms with van der Waals surface area (Å²) in [6.07, 6.45) is 1.45. The van der Waals surface area contributed by atoms with Gasteiger partial charge < -0.3 is 5.32 Å². The van der Waals surface area contributed by atoms with E-state index in [1.54, 1.807) is 48.5 Å². The number of nitrogens with one attached hydrogen (secondary N) is 1. The van der Waals surface area contributed by atoms with Gasteiger partial charge in [-0.15, -0.1) is 6.58 Å². The van der Waals surface area contributed by atoms with Crippen LogP contribution in [0.2, 0.25) is 10.0 Å². The Kier molecular flexibility index (Phi) is 6.82. The van der Waals surface area contributed by atoms with Crippen LogP contribution in [0.4, 0.5) is 11.4 Å². The van der Waals surface area contributed by atoms with Gasteiger partial charge in [-0.1, -0.05) is 59.6 Å². The number of benzene rings is 3. The van der Waals surface area contributed by atoms with E-state index in [2.05, 4.69) is 11.9 Å². The summed E-state index contributed by atoms with van der Waals surface area (Å²) in [4.78, 5) is 12.4. The maximum absolute atomic E-state index is 13.4. The highest BCUT2D eigenvalue weighted by Crippen LogP contribution is 2.33. The van der Waals surface area contributed by atoms with Crippen molar-refractivity contribution in [3.63, 3.8) is 0 Å². The molecular weight excluding hydrogens is 443 g/mol. The van der Waals surface area contributed by atoms with Crippen molar-refractivity contribution in [2.45, 2.75) is 4.90 Å². The zero-order chi connectivity index (χ0) is 21.7. The summed E-state index contributed by atoms with van der Waals surface area (Å²) in [5, 5.41) is 2.98. The molecule has 0 aliphatic carbocycles. The summed E-state index contributed by atoms with van der Waals surface area (Å²) < 4.78 is 28.0. The number of anilines is 2. The highest BCUT2D eigenvalue weighted by Gasteiger charge is 2.28. The number of sulfonamides is 1. The number of hydrogen-bond donors (Lipinski definition) is 1. The van der Waals surface area contributed by atoms with Gasteiger partial charge in [-0.05, 0) is 42.5 Å². The molecule has 0 spiro atoms. The van der Waals surface area contributed by atoms with Gasteiger partial charge in [-0.3, -0.25) is 9.10 Å². The van der Waals surface area contributed by atoms with Crippen LogP contribution in [0.15, 0.2) is 90.3 Å². The molecule has 0 aromatic heterocycles. The standard InChI is InChI=1S/C22H18Cl2N2O3S/c1-2-14-26(20-11-7-6-10-18(20)23)30(28,29)21-15-16(12-13-19(21)24)22(27)25-17-8-4-3-5-9-17/h2-13,15H,1,14H2,(H,25,27). The second-order valence-electron chi connectivity index (χ2n) is 6.24. The average Bonchev–Trinajstić information content (AvgIpc) is 2.73. The van der Waals surface area contributed by atoms with Gasteiger partial charge in [0, 0.05) is 11.3 Å². The van der Waals surface area contributed by atoms with Gasteiger partial charge in [0.05, 0.1) is 22.3 Å². The van der Waals surface area contributed by atoms with Crippen LogP contribution in [0.25, 0.3) is 0 Å². The lowest BCUT2D eigenvalue weighted by Gasteiger charge is -2.24. The Bertz CT molecular complexity index is 1180. The van der Waals surface area contributed by atoms with Gasteiger partial charge in [0.1, 0.15) is 4.90 Å². The van der Waals surface area contributed by atoms with Crippen LogP contribution in [0.5, 0.6) is 0 Å². The van der Waals surface area contributed by atoms with Gasteiger partial charge >= 0.3 is 0 Å². The quantitative estimate of drug-likeness (QED) is 0.464. The molecular formula is C22H18Cl2N2O3S. The van der Waals surface area contributed by atoms with Crippen molar-refractivity contribution in [3.8, 4) is 0 Å². The van der Waals surface area contributed by atoms with Crippen molar-refractivity contribution in [1.29, 1.82) is 0 Å². The maximum atomic E-state index is 13.4. The van der Waals surface area contributed by atoms with Gasteiger partial charge in [0.25, 0.3) is 15.9 Å². The molecule has 0 fully saturated rings. The monoisotopic (exact) mass is 460 g/mol. The lowest BCUT2D eigenvalue weighted by Crippen LogP contribution is -2.32. The third-order valence-electron chi connectivity index (χ3n) is 4.21. The SMILES string of the molecule is C=CCN(c1ccccc1Cl)S(=O)(=O)c1cc(C(=O)Nc2ccccc2)ccc1Cl. The Labute approximate surface area is 185 Å². The van der Waals surface area contributed by atoms with Crippen LogP contribution in [0, 0.1) is 0 Å². The molecule has 3 aromatic carbocycles. The predicted molar refractivity (Wildman–Crippen MR) is 122 cm³/mol. The van der Waals surface area contributed by atoms with Crippen molar-refractivity contribution in [3.05, 3.63) is 101 Å². The molecule has 0 heterocycles. The van der Waals surface area contributed by atoms with E-state index in [-0.39, 0.29) is 32.7 Å². The smallest absolute Gasteiger partial charge is 0.266 e. The predicted octanol–water partition coefficient (Wildman–Crippen LogP) is 5.63. The fourth-order valence-corrected chi connectivity index (χ4v) is 5.03. The number of para-hydroxylation sites is 2. The summed E-state index contributed by atoms with van der Waals surface area (Å²) in [7, 11) is -4.13. The number of carbonyl (C=O) groups is 1. The molecule has 0 unspecified atom stereocenters. The minimum absolute atomic E-state index is 0.00706. The summed E-state index contributed by atoms with van der Waals surface area (Å²) in [6, 6.07) is 19.5. The molecule has 0 bridgehead atoms. The second kappa shape index (κ2) is 9.34. The lowest BCUT2D eigenvalue weighted by molar-refractivity contribution is 0.102. The van der Waals surface area contributed by atoms with Crippen LogP contribution in [-0.4, -0.2) is 20.9 Å². The highest BCUT2D eigenvalue weighted by atomic mass is 35.5. The van der Waals surface area contributed by atoms with Crippen molar-refractivity contribution in [1.82, 2.24) is 0 Å². The van der Waals surface area contributed by atoms with Crippen LogP contribution >= 0.6 is 23.2 Å². The van der Waals surface area contributed by atoms with E-state index in [1.165, 1.54) is 24.3 Å². The summed E-state index contributed by atoms with van der Waals surface area (Å²) in [5.74, 6) is -0.456. The van der Waals surface area contributed by atoms with E-state index >= 15 is 0 Å². The summed E-state index contributed by atoms with van der Waals surface area (Å²) in [6.45, 7) is 3.61. The Morgan fingerprint density at radius 3 is 2.30 bits per heavy atom. The second-order valence-corrected chi connectivity index (χ2v) is 8.89. The topological polar surface area (TPSA) is 66.5 Å². The molecule has 8 heteroatoms. The molecule has 1 N–H and O–H groups in total. The zero-order valence-corrected chi connectivity index (χ0v) is 18.1. The first kappa shape index (κ1) is 21.9. The van der Waals surface area contributed by atoms with Crippen molar-refractivity contribution in [2.24, 2.45) is 0 Å². The Hall–Kier alpha value is -2.80. The zero-order valence-electron chi connectivity index (χ0n) is 15.8. The Morgan fingerprint density at radius 1 is 0.967 bits per heavy atom. The summed E-state index contributed by atoms with van der Waals surface area (Å²) >= 11 is 12.4. The van der Waals surface area contributed by atoms with Crippen molar-refractivity contribution in [2.75, 3.05) is 16.2 Å². The molecule has 0 aliphatic rings. The van der Waals surface area contributed by atoms with Gasteiger partial charge in [-0.2, -0.15) is 0 Å². The molecule has 0 radical (unpaired) electrons. The van der Waals surface area contributed by atoms with Crippen LogP contribution in [0.1, 0.15) is 10.4 Å². The Balaban J connectivity index is 2.02. The van der Waals surface area contributed by atoms with E-state index in [9.17, 15) is 13.2 Å². The molecule has 0 saturated heterocycles. The van der Waals surface area contributed by atoms with Crippen LogP contribution in [-0.2, 0) is 10.0 Å². The van der Waals surface area contributed by atoms with E-state index < -0.39 is 15.9 Å². The van der Waals surface area contributed by atoms with E-state index in [4.69, 9.17) is 23.2 Å². The minimum Gasteiger partial charge on any atom is -0.322 e. The number of halogens is 2. The van der Waals surface area contributed by atoms with Gasteiger partial charge in [0.15, 0.2) is 0 Å². The first-order valence-corrected chi connectivity index (χ1v) is 11.1. The molecule has 0 saturated carbocycles. The lowest BCUT2D eigenvalue weighted by atomic mass is 10.2. The Morgan fingerprint density at radius 2 is 1.63 bits per heavy atom. The molecule has 154 valence electrons. The first-order valence-electron chi connectivity index (χ1n) is 8.88. The normalized spacial score (nSPS) is 11.0. The average molecular weight is 461 g/mol. The van der Waals surface area contributed by atoms with E-state index in [1.807, 2.05) is 6.07 Å². The van der Waals surface area contributed by atoms with E-state index in [0.717, 1.165) is 4.31 Å². The molecule has 3 aromatic rings. The number of rotatable bonds is 7. The molecule has 30 heavy (non-hydrogen) atoms. The maximum Gasteiger partial charge on any atom is 0.266 e. The first-order chi connectivity index (χ1) is 14.3.